The van der Waals surface area contributed by atoms with E-state index in [-0.39, 0.29) is 24.1 Å². The molecule has 1 aromatic carbocycles. The highest BCUT2D eigenvalue weighted by atomic mass is 79.9. The molecule has 0 aliphatic heterocycles. The van der Waals surface area contributed by atoms with Gasteiger partial charge in [0.05, 0.1) is 12.2 Å². The van der Waals surface area contributed by atoms with Crippen molar-refractivity contribution in [3.8, 4) is 0 Å². The fraction of sp³-hybridized carbons (Fsp3) is 0.286. The number of nitrogens with one attached hydrogen (secondary N) is 1. The van der Waals surface area contributed by atoms with Crippen LogP contribution in [0.2, 0.25) is 0 Å². The Labute approximate surface area is 171 Å². The molecule has 1 amide bonds. The van der Waals surface area contributed by atoms with E-state index in [1.165, 1.54) is 21.8 Å². The van der Waals surface area contributed by atoms with Gasteiger partial charge in [0.25, 0.3) is 5.56 Å². The number of hydrogen-bond donors (Lipinski definition) is 1. The maximum absolute atomic E-state index is 12.6. The number of aromatic nitrogens is 3. The zero-order chi connectivity index (χ0) is 19.7. The fourth-order valence-electron chi connectivity index (χ4n) is 3.77. The SMILES string of the molecule is Cc1cnn(C2CCCc3ccccc32)c1NC(=O)Cn1cc(Br)ccc1=O. The number of carbonyl (C=O) groups is 1. The highest BCUT2D eigenvalue weighted by Crippen LogP contribution is 2.35. The molecule has 3 aromatic rings. The number of carbonyl (C=O) groups excluding carboxylic acids is 1. The monoisotopic (exact) mass is 440 g/mol. The number of anilines is 1. The van der Waals surface area contributed by atoms with E-state index in [9.17, 15) is 9.59 Å². The van der Waals surface area contributed by atoms with Crippen LogP contribution in [0.1, 0.15) is 35.6 Å². The number of hydrogen-bond acceptors (Lipinski definition) is 3. The maximum Gasteiger partial charge on any atom is 0.251 e. The number of fused-ring (bicyclic) bond motifs is 1. The molecule has 1 atom stereocenters. The molecule has 1 aliphatic carbocycles. The summed E-state index contributed by atoms with van der Waals surface area (Å²) in [5.74, 6) is 0.434. The molecule has 0 fully saturated rings. The van der Waals surface area contributed by atoms with Crippen LogP contribution in [0.3, 0.4) is 0 Å². The summed E-state index contributed by atoms with van der Waals surface area (Å²) in [7, 11) is 0. The van der Waals surface area contributed by atoms with Gasteiger partial charge in [-0.1, -0.05) is 24.3 Å². The van der Waals surface area contributed by atoms with Crippen LogP contribution in [0.25, 0.3) is 0 Å². The summed E-state index contributed by atoms with van der Waals surface area (Å²) in [5.41, 5.74) is 3.28. The maximum atomic E-state index is 12.6. The van der Waals surface area contributed by atoms with Crippen LogP contribution in [0.4, 0.5) is 5.82 Å². The van der Waals surface area contributed by atoms with Crippen LogP contribution >= 0.6 is 15.9 Å². The number of pyridine rings is 1. The Morgan fingerprint density at radius 3 is 2.96 bits per heavy atom. The molecular formula is C21H21BrN4O2. The van der Waals surface area contributed by atoms with Crippen molar-refractivity contribution in [2.75, 3.05) is 5.32 Å². The number of halogens is 1. The number of benzene rings is 1. The quantitative estimate of drug-likeness (QED) is 0.672. The molecule has 1 N–H and O–H groups in total. The molecule has 144 valence electrons. The van der Waals surface area contributed by atoms with Crippen molar-refractivity contribution in [2.45, 2.75) is 38.8 Å². The molecule has 28 heavy (non-hydrogen) atoms. The highest BCUT2D eigenvalue weighted by Gasteiger charge is 2.25. The average Bonchev–Trinajstić information content (AvgIpc) is 3.04. The first-order valence-corrected chi connectivity index (χ1v) is 10.1. The Morgan fingerprint density at radius 1 is 1.29 bits per heavy atom. The number of rotatable bonds is 4. The topological polar surface area (TPSA) is 68.9 Å². The Morgan fingerprint density at radius 2 is 2.11 bits per heavy atom. The number of nitrogens with zero attached hydrogens (tertiary/aromatic N) is 3. The largest absolute Gasteiger partial charge is 0.309 e. The summed E-state index contributed by atoms with van der Waals surface area (Å²) in [6, 6.07) is 11.6. The summed E-state index contributed by atoms with van der Waals surface area (Å²) >= 11 is 3.33. The molecule has 7 heteroatoms. The third kappa shape index (κ3) is 3.67. The molecule has 0 spiro atoms. The Hall–Kier alpha value is -2.67. The average molecular weight is 441 g/mol. The van der Waals surface area contributed by atoms with E-state index in [1.54, 1.807) is 18.5 Å². The predicted octanol–water partition coefficient (Wildman–Crippen LogP) is 3.68. The van der Waals surface area contributed by atoms with Crippen LogP contribution in [-0.2, 0) is 17.8 Å². The van der Waals surface area contributed by atoms with Gasteiger partial charge in [-0.25, -0.2) is 4.68 Å². The van der Waals surface area contributed by atoms with Gasteiger partial charge in [-0.2, -0.15) is 5.10 Å². The van der Waals surface area contributed by atoms with E-state index in [2.05, 4.69) is 44.5 Å². The first kappa shape index (κ1) is 18.7. The van der Waals surface area contributed by atoms with Gasteiger partial charge >= 0.3 is 0 Å². The summed E-state index contributed by atoms with van der Waals surface area (Å²) in [6.45, 7) is 1.88. The molecule has 2 aromatic heterocycles. The lowest BCUT2D eigenvalue weighted by atomic mass is 9.88. The van der Waals surface area contributed by atoms with Crippen molar-refractivity contribution >= 4 is 27.7 Å². The number of aryl methyl sites for hydroxylation is 2. The van der Waals surface area contributed by atoms with E-state index in [0.717, 1.165) is 29.3 Å². The lowest BCUT2D eigenvalue weighted by Gasteiger charge is -2.27. The van der Waals surface area contributed by atoms with Crippen LogP contribution in [0.5, 0.6) is 0 Å². The molecule has 1 aliphatic rings. The van der Waals surface area contributed by atoms with Crippen molar-refractivity contribution in [3.05, 3.63) is 80.3 Å². The second-order valence-electron chi connectivity index (χ2n) is 7.09. The summed E-state index contributed by atoms with van der Waals surface area (Å²) < 4.78 is 4.04. The summed E-state index contributed by atoms with van der Waals surface area (Å²) in [5, 5.41) is 7.52. The van der Waals surface area contributed by atoms with Crippen LogP contribution in [-0.4, -0.2) is 20.3 Å². The van der Waals surface area contributed by atoms with Crippen LogP contribution in [0, 0.1) is 6.92 Å². The molecule has 0 saturated carbocycles. The van der Waals surface area contributed by atoms with Crippen molar-refractivity contribution < 1.29 is 4.79 Å². The second kappa shape index (κ2) is 7.75. The van der Waals surface area contributed by atoms with Crippen LogP contribution in [0.15, 0.2) is 58.1 Å². The summed E-state index contributed by atoms with van der Waals surface area (Å²) in [4.78, 5) is 24.6. The van der Waals surface area contributed by atoms with Gasteiger partial charge in [0.1, 0.15) is 12.4 Å². The van der Waals surface area contributed by atoms with Crippen molar-refractivity contribution in [2.24, 2.45) is 0 Å². The zero-order valence-corrected chi connectivity index (χ0v) is 17.1. The fourth-order valence-corrected chi connectivity index (χ4v) is 4.15. The third-order valence-corrected chi connectivity index (χ3v) is 5.60. The molecular weight excluding hydrogens is 420 g/mol. The minimum Gasteiger partial charge on any atom is -0.309 e. The zero-order valence-electron chi connectivity index (χ0n) is 15.6. The lowest BCUT2D eigenvalue weighted by Crippen LogP contribution is -2.28. The van der Waals surface area contributed by atoms with E-state index in [0.29, 0.717) is 5.82 Å². The van der Waals surface area contributed by atoms with Crippen molar-refractivity contribution in [3.63, 3.8) is 0 Å². The van der Waals surface area contributed by atoms with Crippen LogP contribution < -0.4 is 10.9 Å². The molecule has 0 radical (unpaired) electrons. The lowest BCUT2D eigenvalue weighted by molar-refractivity contribution is -0.116. The van der Waals surface area contributed by atoms with E-state index < -0.39 is 0 Å². The van der Waals surface area contributed by atoms with Gasteiger partial charge in [-0.15, -0.1) is 0 Å². The molecule has 0 bridgehead atoms. The normalized spacial score (nSPS) is 15.9. The second-order valence-corrected chi connectivity index (χ2v) is 8.00. The van der Waals surface area contributed by atoms with Crippen molar-refractivity contribution in [1.82, 2.24) is 14.3 Å². The number of amides is 1. The Kier molecular flexibility index (Phi) is 5.17. The van der Waals surface area contributed by atoms with Gasteiger partial charge in [0.2, 0.25) is 5.91 Å². The summed E-state index contributed by atoms with van der Waals surface area (Å²) in [6.07, 6.45) is 6.52. The van der Waals surface area contributed by atoms with E-state index in [1.807, 2.05) is 17.7 Å². The van der Waals surface area contributed by atoms with E-state index in [4.69, 9.17) is 0 Å². The van der Waals surface area contributed by atoms with Gasteiger partial charge in [-0.3, -0.25) is 9.59 Å². The van der Waals surface area contributed by atoms with Gasteiger partial charge in [-0.05, 0) is 59.3 Å². The van der Waals surface area contributed by atoms with E-state index >= 15 is 0 Å². The van der Waals surface area contributed by atoms with Crippen molar-refractivity contribution in [1.29, 1.82) is 0 Å². The minimum absolute atomic E-state index is 0.0514. The van der Waals surface area contributed by atoms with Gasteiger partial charge < -0.3 is 9.88 Å². The highest BCUT2D eigenvalue weighted by molar-refractivity contribution is 9.10. The van der Waals surface area contributed by atoms with Gasteiger partial charge in [0, 0.05) is 22.3 Å². The third-order valence-electron chi connectivity index (χ3n) is 5.13. The standard InChI is InChI=1S/C21H21BrN4O2/c1-14-11-23-26(18-8-4-6-15-5-2-3-7-17(15)18)21(14)24-19(27)13-25-12-16(22)9-10-20(25)28/h2-3,5,7,9-12,18H,4,6,8,13H2,1H3,(H,24,27). The van der Waals surface area contributed by atoms with Gasteiger partial charge in [0.15, 0.2) is 0 Å². The minimum atomic E-state index is -0.255. The first-order valence-electron chi connectivity index (χ1n) is 9.30. The molecule has 6 nitrogen and oxygen atoms in total. The molecule has 1 unspecified atom stereocenters. The molecule has 2 heterocycles. The molecule has 4 rings (SSSR count). The predicted molar refractivity (Wildman–Crippen MR) is 112 cm³/mol. The smallest absolute Gasteiger partial charge is 0.251 e. The first-order chi connectivity index (χ1) is 13.5. The molecule has 0 saturated heterocycles. The Bertz CT molecular complexity index is 1090. The Balaban J connectivity index is 1.60.